The fourth-order valence-corrected chi connectivity index (χ4v) is 2.91. The minimum Gasteiger partial charge on any atom is -0.340 e. The molecule has 1 aromatic heterocycles. The van der Waals surface area contributed by atoms with Gasteiger partial charge < -0.3 is 9.42 Å². The monoisotopic (exact) mass is 334 g/mol. The molecule has 0 atom stereocenters. The maximum atomic E-state index is 12.4. The summed E-state index contributed by atoms with van der Waals surface area (Å²) >= 11 is 5.96. The zero-order valence-electron chi connectivity index (χ0n) is 13.0. The smallest absolute Gasteiger partial charge is 0.227 e. The molecule has 0 bridgehead atoms. The van der Waals surface area contributed by atoms with Crippen LogP contribution in [0.15, 0.2) is 28.8 Å². The Bertz CT molecular complexity index is 680. The van der Waals surface area contributed by atoms with Crippen LogP contribution in [0, 0.1) is 6.92 Å². The number of aromatic nitrogens is 2. The maximum Gasteiger partial charge on any atom is 0.227 e. The first-order valence-corrected chi connectivity index (χ1v) is 8.02. The molecule has 0 radical (unpaired) electrons. The van der Waals surface area contributed by atoms with E-state index >= 15 is 0 Å². The first-order valence-electron chi connectivity index (χ1n) is 7.64. The van der Waals surface area contributed by atoms with Crippen molar-refractivity contribution in [1.82, 2.24) is 19.9 Å². The second-order valence-corrected chi connectivity index (χ2v) is 6.13. The van der Waals surface area contributed by atoms with Crippen LogP contribution in [-0.2, 0) is 17.8 Å². The van der Waals surface area contributed by atoms with Gasteiger partial charge in [0.2, 0.25) is 11.8 Å². The van der Waals surface area contributed by atoms with E-state index in [2.05, 4.69) is 15.0 Å². The summed E-state index contributed by atoms with van der Waals surface area (Å²) in [4.78, 5) is 20.7. The summed E-state index contributed by atoms with van der Waals surface area (Å²) in [6.07, 6.45) is 0.393. The predicted molar refractivity (Wildman–Crippen MR) is 86.0 cm³/mol. The van der Waals surface area contributed by atoms with Gasteiger partial charge in [0.15, 0.2) is 5.82 Å². The fraction of sp³-hybridized carbons (Fsp3) is 0.438. The quantitative estimate of drug-likeness (QED) is 0.854. The topological polar surface area (TPSA) is 62.5 Å². The molecular formula is C16H19ClN4O2. The largest absolute Gasteiger partial charge is 0.340 e. The van der Waals surface area contributed by atoms with Crippen LogP contribution in [0.1, 0.15) is 17.3 Å². The van der Waals surface area contributed by atoms with Gasteiger partial charge in [0.25, 0.3) is 0 Å². The van der Waals surface area contributed by atoms with E-state index in [1.807, 2.05) is 29.2 Å². The second kappa shape index (κ2) is 7.10. The predicted octanol–water partition coefficient (Wildman–Crippen LogP) is 1.92. The van der Waals surface area contributed by atoms with Crippen LogP contribution in [-0.4, -0.2) is 52.0 Å². The van der Waals surface area contributed by atoms with Crippen molar-refractivity contribution in [2.45, 2.75) is 19.9 Å². The maximum absolute atomic E-state index is 12.4. The normalized spacial score (nSPS) is 15.8. The Morgan fingerprint density at radius 1 is 1.30 bits per heavy atom. The molecule has 7 heteroatoms. The Morgan fingerprint density at radius 3 is 2.74 bits per heavy atom. The number of amides is 1. The molecule has 0 spiro atoms. The molecule has 0 aliphatic carbocycles. The average molecular weight is 335 g/mol. The molecule has 0 saturated carbocycles. The number of carbonyl (C=O) groups excluding carboxylic acids is 1. The highest BCUT2D eigenvalue weighted by Crippen LogP contribution is 2.13. The van der Waals surface area contributed by atoms with E-state index in [1.165, 1.54) is 0 Å². The molecule has 3 rings (SSSR count). The Balaban J connectivity index is 1.49. The number of hydrogen-bond acceptors (Lipinski definition) is 5. The van der Waals surface area contributed by atoms with Crippen molar-refractivity contribution < 1.29 is 9.32 Å². The Kier molecular flexibility index (Phi) is 4.93. The average Bonchev–Trinajstić information content (AvgIpc) is 2.93. The molecule has 0 N–H and O–H groups in total. The van der Waals surface area contributed by atoms with E-state index < -0.39 is 0 Å². The summed E-state index contributed by atoms with van der Waals surface area (Å²) in [7, 11) is 0. The van der Waals surface area contributed by atoms with Gasteiger partial charge in [-0.05, 0) is 17.7 Å². The number of nitrogens with zero attached hydrogens (tertiary/aromatic N) is 4. The highest BCUT2D eigenvalue weighted by Gasteiger charge is 2.22. The molecule has 122 valence electrons. The van der Waals surface area contributed by atoms with Crippen molar-refractivity contribution in [3.8, 4) is 0 Å². The second-order valence-electron chi connectivity index (χ2n) is 5.69. The number of piperazine rings is 1. The summed E-state index contributed by atoms with van der Waals surface area (Å²) in [6.45, 7) is 5.51. The molecule has 6 nitrogen and oxygen atoms in total. The molecule has 0 unspecified atom stereocenters. The van der Waals surface area contributed by atoms with Crippen LogP contribution in [0.3, 0.4) is 0 Å². The minimum absolute atomic E-state index is 0.141. The molecule has 2 aromatic rings. The SMILES string of the molecule is Cc1nc(CN2CCN(C(=O)Cc3cccc(Cl)c3)CC2)no1. The standard InChI is InChI=1S/C16H19ClN4O2/c1-12-18-15(19-23-12)11-20-5-7-21(8-6-20)16(22)10-13-3-2-4-14(17)9-13/h2-4,9H,5-8,10-11H2,1H3. The summed E-state index contributed by atoms with van der Waals surface area (Å²) in [6, 6.07) is 7.45. The Labute approximate surface area is 140 Å². The van der Waals surface area contributed by atoms with Crippen molar-refractivity contribution >= 4 is 17.5 Å². The number of benzene rings is 1. The zero-order valence-corrected chi connectivity index (χ0v) is 13.8. The van der Waals surface area contributed by atoms with Crippen LogP contribution in [0.2, 0.25) is 5.02 Å². The summed E-state index contributed by atoms with van der Waals surface area (Å²) in [5, 5.41) is 4.57. The van der Waals surface area contributed by atoms with Crippen LogP contribution in [0.25, 0.3) is 0 Å². The van der Waals surface area contributed by atoms with Gasteiger partial charge in [0.05, 0.1) is 13.0 Å². The summed E-state index contributed by atoms with van der Waals surface area (Å²) in [5.74, 6) is 1.42. The third kappa shape index (κ3) is 4.30. The van der Waals surface area contributed by atoms with Gasteiger partial charge >= 0.3 is 0 Å². The lowest BCUT2D eigenvalue weighted by atomic mass is 10.1. The van der Waals surface area contributed by atoms with Gasteiger partial charge in [0.1, 0.15) is 0 Å². The number of hydrogen-bond donors (Lipinski definition) is 0. The lowest BCUT2D eigenvalue weighted by Crippen LogP contribution is -2.48. The van der Waals surface area contributed by atoms with E-state index in [0.717, 1.165) is 31.7 Å². The first kappa shape index (κ1) is 16.0. The highest BCUT2D eigenvalue weighted by atomic mass is 35.5. The lowest BCUT2D eigenvalue weighted by Gasteiger charge is -2.34. The van der Waals surface area contributed by atoms with E-state index in [0.29, 0.717) is 29.7 Å². The van der Waals surface area contributed by atoms with Crippen molar-refractivity contribution in [2.24, 2.45) is 0 Å². The van der Waals surface area contributed by atoms with Crippen molar-refractivity contribution in [2.75, 3.05) is 26.2 Å². The van der Waals surface area contributed by atoms with Gasteiger partial charge in [-0.3, -0.25) is 9.69 Å². The van der Waals surface area contributed by atoms with Gasteiger partial charge in [0, 0.05) is 38.1 Å². The molecule has 1 aromatic carbocycles. The third-order valence-corrected chi connectivity index (χ3v) is 4.14. The van der Waals surface area contributed by atoms with Crippen molar-refractivity contribution in [1.29, 1.82) is 0 Å². The number of aryl methyl sites for hydroxylation is 1. The van der Waals surface area contributed by atoms with E-state index in [1.54, 1.807) is 6.92 Å². The molecule has 1 amide bonds. The van der Waals surface area contributed by atoms with Gasteiger partial charge in [-0.25, -0.2) is 0 Å². The van der Waals surface area contributed by atoms with Gasteiger partial charge in [-0.2, -0.15) is 4.98 Å². The first-order chi connectivity index (χ1) is 11.1. The fourth-order valence-electron chi connectivity index (χ4n) is 2.69. The zero-order chi connectivity index (χ0) is 16.2. The Morgan fingerprint density at radius 2 is 2.09 bits per heavy atom. The van der Waals surface area contributed by atoms with Crippen molar-refractivity contribution in [3.05, 3.63) is 46.6 Å². The molecule has 1 aliphatic heterocycles. The molecule has 1 fully saturated rings. The van der Waals surface area contributed by atoms with Crippen LogP contribution >= 0.6 is 11.6 Å². The minimum atomic E-state index is 0.141. The number of rotatable bonds is 4. The lowest BCUT2D eigenvalue weighted by molar-refractivity contribution is -0.132. The Hall–Kier alpha value is -1.92. The summed E-state index contributed by atoms with van der Waals surface area (Å²) < 4.78 is 4.98. The van der Waals surface area contributed by atoms with Gasteiger partial charge in [-0.15, -0.1) is 0 Å². The molecule has 2 heterocycles. The van der Waals surface area contributed by atoms with E-state index in [-0.39, 0.29) is 5.91 Å². The molecule has 23 heavy (non-hydrogen) atoms. The third-order valence-electron chi connectivity index (χ3n) is 3.90. The number of carbonyl (C=O) groups is 1. The van der Waals surface area contributed by atoms with E-state index in [9.17, 15) is 4.79 Å². The molecular weight excluding hydrogens is 316 g/mol. The van der Waals surface area contributed by atoms with Crippen LogP contribution in [0.5, 0.6) is 0 Å². The highest BCUT2D eigenvalue weighted by molar-refractivity contribution is 6.30. The summed E-state index contributed by atoms with van der Waals surface area (Å²) in [5.41, 5.74) is 0.951. The van der Waals surface area contributed by atoms with Crippen LogP contribution in [0.4, 0.5) is 0 Å². The van der Waals surface area contributed by atoms with Crippen LogP contribution < -0.4 is 0 Å². The number of halogens is 1. The van der Waals surface area contributed by atoms with Gasteiger partial charge in [-0.1, -0.05) is 28.9 Å². The van der Waals surface area contributed by atoms with Crippen molar-refractivity contribution in [3.63, 3.8) is 0 Å². The molecule has 1 aliphatic rings. The van der Waals surface area contributed by atoms with E-state index in [4.69, 9.17) is 16.1 Å². The molecule has 1 saturated heterocycles.